The molecule has 0 aliphatic carbocycles. The molecule has 0 aromatic heterocycles. The summed E-state index contributed by atoms with van der Waals surface area (Å²) in [6.45, 7) is 3.35. The van der Waals surface area contributed by atoms with E-state index >= 15 is 0 Å². The zero-order valence-corrected chi connectivity index (χ0v) is 11.8. The molecule has 0 bridgehead atoms. The SMILES string of the molecule is CCC1CCNC(Cc2cccc(F)c2Br)C1. The van der Waals surface area contributed by atoms with Gasteiger partial charge in [0.2, 0.25) is 0 Å². The molecule has 2 rings (SSSR count). The second-order valence-corrected chi connectivity index (χ2v) is 5.66. The maximum atomic E-state index is 13.4. The first-order valence-corrected chi connectivity index (χ1v) is 7.16. The van der Waals surface area contributed by atoms with Crippen molar-refractivity contribution in [1.82, 2.24) is 5.32 Å². The molecule has 1 heterocycles. The lowest BCUT2D eigenvalue weighted by Gasteiger charge is -2.30. The summed E-state index contributed by atoms with van der Waals surface area (Å²) in [7, 11) is 0. The van der Waals surface area contributed by atoms with Crippen LogP contribution in [-0.2, 0) is 6.42 Å². The Bertz CT molecular complexity index is 380. The molecular formula is C14H19BrFN. The lowest BCUT2D eigenvalue weighted by Crippen LogP contribution is -2.39. The molecule has 1 aliphatic heterocycles. The van der Waals surface area contributed by atoms with Crippen molar-refractivity contribution in [1.29, 1.82) is 0 Å². The standard InChI is InChI=1S/C14H19BrFN/c1-2-10-6-7-17-12(8-10)9-11-4-3-5-13(16)14(11)15/h3-5,10,12,17H,2,6-9H2,1H3. The Kier molecular flexibility index (Phi) is 4.57. The third-order valence-electron chi connectivity index (χ3n) is 3.68. The van der Waals surface area contributed by atoms with Crippen molar-refractivity contribution in [2.75, 3.05) is 6.54 Å². The van der Waals surface area contributed by atoms with Gasteiger partial charge >= 0.3 is 0 Å². The molecule has 0 spiro atoms. The third-order valence-corrected chi connectivity index (χ3v) is 4.57. The van der Waals surface area contributed by atoms with Crippen LogP contribution in [-0.4, -0.2) is 12.6 Å². The van der Waals surface area contributed by atoms with Gasteiger partial charge in [-0.25, -0.2) is 4.39 Å². The van der Waals surface area contributed by atoms with Crippen molar-refractivity contribution in [3.63, 3.8) is 0 Å². The van der Waals surface area contributed by atoms with Crippen LogP contribution in [0.4, 0.5) is 4.39 Å². The lowest BCUT2D eigenvalue weighted by molar-refractivity contribution is 0.293. The third kappa shape index (κ3) is 3.29. The molecule has 1 aliphatic rings. The van der Waals surface area contributed by atoms with Gasteiger partial charge in [0.15, 0.2) is 0 Å². The predicted octanol–water partition coefficient (Wildman–Crippen LogP) is 3.91. The maximum Gasteiger partial charge on any atom is 0.137 e. The van der Waals surface area contributed by atoms with Crippen LogP contribution in [0.25, 0.3) is 0 Å². The average molecular weight is 300 g/mol. The number of nitrogens with one attached hydrogen (secondary N) is 1. The van der Waals surface area contributed by atoms with Gasteiger partial charge in [0, 0.05) is 6.04 Å². The first-order chi connectivity index (χ1) is 8.20. The van der Waals surface area contributed by atoms with Gasteiger partial charge < -0.3 is 5.32 Å². The monoisotopic (exact) mass is 299 g/mol. The Balaban J connectivity index is 2.02. The minimum Gasteiger partial charge on any atom is -0.314 e. The molecule has 1 fully saturated rings. The van der Waals surface area contributed by atoms with Crippen molar-refractivity contribution < 1.29 is 4.39 Å². The first-order valence-electron chi connectivity index (χ1n) is 6.37. The molecule has 0 radical (unpaired) electrons. The summed E-state index contributed by atoms with van der Waals surface area (Å²) in [6.07, 6.45) is 4.65. The molecule has 0 amide bonds. The summed E-state index contributed by atoms with van der Waals surface area (Å²) in [5, 5.41) is 3.54. The zero-order valence-electron chi connectivity index (χ0n) is 10.2. The normalized spacial score (nSPS) is 24.9. The number of hydrogen-bond donors (Lipinski definition) is 1. The molecule has 1 aromatic rings. The van der Waals surface area contributed by atoms with Crippen LogP contribution in [0.5, 0.6) is 0 Å². The molecule has 1 nitrogen and oxygen atoms in total. The smallest absolute Gasteiger partial charge is 0.137 e. The Morgan fingerprint density at radius 3 is 3.06 bits per heavy atom. The van der Waals surface area contributed by atoms with E-state index in [0.717, 1.165) is 24.4 Å². The maximum absolute atomic E-state index is 13.4. The first kappa shape index (κ1) is 13.0. The van der Waals surface area contributed by atoms with E-state index in [9.17, 15) is 4.39 Å². The van der Waals surface area contributed by atoms with Gasteiger partial charge in [-0.3, -0.25) is 0 Å². The van der Waals surface area contributed by atoms with E-state index < -0.39 is 0 Å². The quantitative estimate of drug-likeness (QED) is 0.892. The van der Waals surface area contributed by atoms with Crippen LogP contribution in [0.1, 0.15) is 31.7 Å². The van der Waals surface area contributed by atoms with Crippen LogP contribution in [0.3, 0.4) is 0 Å². The number of halogens is 2. The molecule has 94 valence electrons. The van der Waals surface area contributed by atoms with E-state index in [2.05, 4.69) is 28.2 Å². The second kappa shape index (κ2) is 5.96. The van der Waals surface area contributed by atoms with E-state index in [4.69, 9.17) is 0 Å². The number of rotatable bonds is 3. The summed E-state index contributed by atoms with van der Waals surface area (Å²) in [4.78, 5) is 0. The molecule has 2 unspecified atom stereocenters. The molecule has 3 heteroatoms. The summed E-state index contributed by atoms with van der Waals surface area (Å²) in [5.74, 6) is 0.666. The molecule has 17 heavy (non-hydrogen) atoms. The highest BCUT2D eigenvalue weighted by atomic mass is 79.9. The van der Waals surface area contributed by atoms with E-state index in [1.54, 1.807) is 6.07 Å². The van der Waals surface area contributed by atoms with Gasteiger partial charge in [-0.1, -0.05) is 25.5 Å². The fraction of sp³-hybridized carbons (Fsp3) is 0.571. The summed E-state index contributed by atoms with van der Waals surface area (Å²) >= 11 is 3.34. The molecule has 0 saturated carbocycles. The van der Waals surface area contributed by atoms with Gasteiger partial charge in [0.1, 0.15) is 5.82 Å². The van der Waals surface area contributed by atoms with Crippen LogP contribution >= 0.6 is 15.9 Å². The molecule has 1 N–H and O–H groups in total. The molecular weight excluding hydrogens is 281 g/mol. The largest absolute Gasteiger partial charge is 0.314 e. The highest BCUT2D eigenvalue weighted by molar-refractivity contribution is 9.10. The summed E-state index contributed by atoms with van der Waals surface area (Å²) in [5.41, 5.74) is 1.07. The highest BCUT2D eigenvalue weighted by Crippen LogP contribution is 2.26. The van der Waals surface area contributed by atoms with Crippen LogP contribution in [0.15, 0.2) is 22.7 Å². The van der Waals surface area contributed by atoms with Gasteiger partial charge in [0.25, 0.3) is 0 Å². The topological polar surface area (TPSA) is 12.0 Å². The number of benzene rings is 1. The minimum absolute atomic E-state index is 0.162. The zero-order chi connectivity index (χ0) is 12.3. The van der Waals surface area contributed by atoms with Gasteiger partial charge in [-0.2, -0.15) is 0 Å². The van der Waals surface area contributed by atoms with Gasteiger partial charge in [0.05, 0.1) is 4.47 Å². The van der Waals surface area contributed by atoms with E-state index in [0.29, 0.717) is 10.5 Å². The minimum atomic E-state index is -0.162. The Morgan fingerprint density at radius 1 is 1.47 bits per heavy atom. The van der Waals surface area contributed by atoms with Crippen molar-refractivity contribution in [3.8, 4) is 0 Å². The van der Waals surface area contributed by atoms with Crippen LogP contribution in [0.2, 0.25) is 0 Å². The lowest BCUT2D eigenvalue weighted by atomic mass is 9.88. The summed E-state index contributed by atoms with van der Waals surface area (Å²) in [6, 6.07) is 5.78. The van der Waals surface area contributed by atoms with E-state index in [-0.39, 0.29) is 5.82 Å². The Hall–Kier alpha value is -0.410. The van der Waals surface area contributed by atoms with Crippen molar-refractivity contribution >= 4 is 15.9 Å². The summed E-state index contributed by atoms with van der Waals surface area (Å²) < 4.78 is 14.0. The average Bonchev–Trinajstić information content (AvgIpc) is 2.35. The van der Waals surface area contributed by atoms with E-state index in [1.807, 2.05) is 6.07 Å². The fourth-order valence-corrected chi connectivity index (χ4v) is 3.02. The van der Waals surface area contributed by atoms with Crippen LogP contribution in [0, 0.1) is 11.7 Å². The van der Waals surface area contributed by atoms with Crippen LogP contribution < -0.4 is 5.32 Å². The van der Waals surface area contributed by atoms with Gasteiger partial charge in [-0.15, -0.1) is 0 Å². The van der Waals surface area contributed by atoms with Gasteiger partial charge in [-0.05, 0) is 59.3 Å². The predicted molar refractivity (Wildman–Crippen MR) is 72.6 cm³/mol. The fourth-order valence-electron chi connectivity index (χ4n) is 2.59. The molecule has 1 aromatic carbocycles. The highest BCUT2D eigenvalue weighted by Gasteiger charge is 2.21. The van der Waals surface area contributed by atoms with E-state index in [1.165, 1.54) is 25.3 Å². The van der Waals surface area contributed by atoms with Crippen molar-refractivity contribution in [3.05, 3.63) is 34.1 Å². The number of hydrogen-bond acceptors (Lipinski definition) is 1. The van der Waals surface area contributed by atoms with Crippen molar-refractivity contribution in [2.24, 2.45) is 5.92 Å². The second-order valence-electron chi connectivity index (χ2n) is 4.87. The van der Waals surface area contributed by atoms with Crippen molar-refractivity contribution in [2.45, 2.75) is 38.6 Å². The molecule has 1 saturated heterocycles. The number of piperidine rings is 1. The Labute approximate surface area is 111 Å². The Morgan fingerprint density at radius 2 is 2.29 bits per heavy atom. The molecule has 2 atom stereocenters.